The summed E-state index contributed by atoms with van der Waals surface area (Å²) in [6, 6.07) is 8.13. The SMILES string of the molecule is CN=C(NCc1ccon1)NCC1(c2ccc(OC)c(OC)c2)CCCCC1. The van der Waals surface area contributed by atoms with E-state index in [0.29, 0.717) is 6.54 Å². The predicted octanol–water partition coefficient (Wildman–Crippen LogP) is 3.26. The molecular formula is C21H30N4O3. The first-order chi connectivity index (χ1) is 13.7. The summed E-state index contributed by atoms with van der Waals surface area (Å²) >= 11 is 0. The summed E-state index contributed by atoms with van der Waals surface area (Å²) in [5.74, 6) is 2.29. The number of aromatic nitrogens is 1. The van der Waals surface area contributed by atoms with Gasteiger partial charge in [0.05, 0.1) is 20.8 Å². The molecule has 0 bridgehead atoms. The number of nitrogens with zero attached hydrogens (tertiary/aromatic N) is 2. The van der Waals surface area contributed by atoms with E-state index in [1.54, 1.807) is 27.5 Å². The molecule has 7 heteroatoms. The fourth-order valence-corrected chi connectivity index (χ4v) is 3.94. The van der Waals surface area contributed by atoms with Crippen LogP contribution in [0.15, 0.2) is 40.0 Å². The van der Waals surface area contributed by atoms with E-state index in [0.717, 1.165) is 42.5 Å². The third-order valence-electron chi connectivity index (χ3n) is 5.55. The van der Waals surface area contributed by atoms with E-state index >= 15 is 0 Å². The number of methoxy groups -OCH3 is 2. The van der Waals surface area contributed by atoms with Crippen molar-refractivity contribution in [1.82, 2.24) is 15.8 Å². The Morgan fingerprint density at radius 2 is 1.89 bits per heavy atom. The van der Waals surface area contributed by atoms with Gasteiger partial charge in [0, 0.05) is 25.1 Å². The number of hydrogen-bond acceptors (Lipinski definition) is 5. The van der Waals surface area contributed by atoms with Gasteiger partial charge in [-0.05, 0) is 30.5 Å². The number of nitrogens with one attached hydrogen (secondary N) is 2. The Morgan fingerprint density at radius 3 is 2.54 bits per heavy atom. The molecule has 152 valence electrons. The fraction of sp³-hybridized carbons (Fsp3) is 0.524. The first-order valence-electron chi connectivity index (χ1n) is 9.77. The van der Waals surface area contributed by atoms with E-state index in [9.17, 15) is 0 Å². The summed E-state index contributed by atoms with van der Waals surface area (Å²) in [5.41, 5.74) is 2.17. The van der Waals surface area contributed by atoms with Crippen molar-refractivity contribution >= 4 is 5.96 Å². The lowest BCUT2D eigenvalue weighted by atomic mass is 9.69. The Bertz CT molecular complexity index is 768. The van der Waals surface area contributed by atoms with Crippen molar-refractivity contribution in [2.75, 3.05) is 27.8 Å². The van der Waals surface area contributed by atoms with Crippen molar-refractivity contribution in [3.05, 3.63) is 41.8 Å². The molecule has 1 fully saturated rings. The fourth-order valence-electron chi connectivity index (χ4n) is 3.94. The highest BCUT2D eigenvalue weighted by Gasteiger charge is 2.34. The molecule has 1 saturated carbocycles. The van der Waals surface area contributed by atoms with E-state index < -0.39 is 0 Å². The van der Waals surface area contributed by atoms with Crippen LogP contribution in [-0.2, 0) is 12.0 Å². The summed E-state index contributed by atoms with van der Waals surface area (Å²) in [6.07, 6.45) is 7.57. The van der Waals surface area contributed by atoms with Crippen LogP contribution < -0.4 is 20.1 Å². The summed E-state index contributed by atoms with van der Waals surface area (Å²) in [4.78, 5) is 4.35. The maximum Gasteiger partial charge on any atom is 0.191 e. The molecule has 0 atom stereocenters. The van der Waals surface area contributed by atoms with Gasteiger partial charge in [0.2, 0.25) is 0 Å². The second-order valence-corrected chi connectivity index (χ2v) is 7.18. The van der Waals surface area contributed by atoms with Crippen LogP contribution in [0.25, 0.3) is 0 Å². The van der Waals surface area contributed by atoms with Crippen LogP contribution in [0.4, 0.5) is 0 Å². The quantitative estimate of drug-likeness (QED) is 0.562. The number of guanidine groups is 1. The number of hydrogen-bond donors (Lipinski definition) is 2. The molecule has 7 nitrogen and oxygen atoms in total. The van der Waals surface area contributed by atoms with Crippen molar-refractivity contribution in [3.8, 4) is 11.5 Å². The molecule has 28 heavy (non-hydrogen) atoms. The highest BCUT2D eigenvalue weighted by atomic mass is 16.5. The third kappa shape index (κ3) is 4.58. The van der Waals surface area contributed by atoms with Crippen molar-refractivity contribution in [1.29, 1.82) is 0 Å². The summed E-state index contributed by atoms with van der Waals surface area (Å²) in [6.45, 7) is 1.38. The van der Waals surface area contributed by atoms with Gasteiger partial charge in [-0.2, -0.15) is 0 Å². The minimum absolute atomic E-state index is 0.0450. The van der Waals surface area contributed by atoms with Crippen molar-refractivity contribution in [2.24, 2.45) is 4.99 Å². The Kier molecular flexibility index (Phi) is 6.79. The van der Waals surface area contributed by atoms with Gasteiger partial charge in [-0.1, -0.05) is 30.5 Å². The third-order valence-corrected chi connectivity index (χ3v) is 5.55. The zero-order valence-corrected chi connectivity index (χ0v) is 17.0. The van der Waals surface area contributed by atoms with Crippen LogP contribution in [0.3, 0.4) is 0 Å². The Hall–Kier alpha value is -2.70. The van der Waals surface area contributed by atoms with Crippen LogP contribution in [-0.4, -0.2) is 38.9 Å². The predicted molar refractivity (Wildman–Crippen MR) is 109 cm³/mol. The zero-order valence-electron chi connectivity index (χ0n) is 17.0. The molecule has 3 rings (SSSR count). The zero-order chi connectivity index (χ0) is 19.8. The van der Waals surface area contributed by atoms with Crippen LogP contribution in [0.2, 0.25) is 0 Å². The molecule has 0 aliphatic heterocycles. The van der Waals surface area contributed by atoms with Crippen LogP contribution >= 0.6 is 0 Å². The molecule has 2 aromatic rings. The van der Waals surface area contributed by atoms with E-state index in [-0.39, 0.29) is 5.41 Å². The van der Waals surface area contributed by atoms with Crippen molar-refractivity contribution in [3.63, 3.8) is 0 Å². The molecule has 0 unspecified atom stereocenters. The number of benzene rings is 1. The molecule has 0 radical (unpaired) electrons. The summed E-state index contributed by atoms with van der Waals surface area (Å²) in [7, 11) is 5.13. The van der Waals surface area contributed by atoms with E-state index in [2.05, 4.69) is 32.9 Å². The second-order valence-electron chi connectivity index (χ2n) is 7.18. The smallest absolute Gasteiger partial charge is 0.191 e. The van der Waals surface area contributed by atoms with Crippen molar-refractivity contribution < 1.29 is 14.0 Å². The lowest BCUT2D eigenvalue weighted by Crippen LogP contribution is -2.46. The number of rotatable bonds is 7. The Balaban J connectivity index is 1.74. The van der Waals surface area contributed by atoms with Crippen molar-refractivity contribution in [2.45, 2.75) is 44.1 Å². The van der Waals surface area contributed by atoms with Gasteiger partial charge >= 0.3 is 0 Å². The summed E-state index contributed by atoms with van der Waals surface area (Å²) < 4.78 is 15.8. The standard InChI is InChI=1S/C21H30N4O3/c1-22-20(23-14-17-9-12-28-25-17)24-15-21(10-5-4-6-11-21)16-7-8-18(26-2)19(13-16)27-3/h7-9,12-13H,4-6,10-11,14-15H2,1-3H3,(H2,22,23,24). The minimum Gasteiger partial charge on any atom is -0.493 e. The molecule has 1 aliphatic carbocycles. The number of ether oxygens (including phenoxy) is 2. The summed E-state index contributed by atoms with van der Waals surface area (Å²) in [5, 5.41) is 10.7. The van der Waals surface area contributed by atoms with Gasteiger partial charge in [-0.25, -0.2) is 0 Å². The Labute approximate surface area is 166 Å². The van der Waals surface area contributed by atoms with Gasteiger partial charge in [-0.3, -0.25) is 4.99 Å². The van der Waals surface area contributed by atoms with Gasteiger partial charge < -0.3 is 24.6 Å². The Morgan fingerprint density at radius 1 is 1.11 bits per heavy atom. The molecule has 1 aromatic heterocycles. The van der Waals surface area contributed by atoms with Crippen LogP contribution in [0.5, 0.6) is 11.5 Å². The lowest BCUT2D eigenvalue weighted by Gasteiger charge is -2.38. The largest absolute Gasteiger partial charge is 0.493 e. The second kappa shape index (κ2) is 9.48. The molecule has 0 amide bonds. The molecular weight excluding hydrogens is 356 g/mol. The van der Waals surface area contributed by atoms with Gasteiger partial charge in [0.15, 0.2) is 17.5 Å². The monoisotopic (exact) mass is 386 g/mol. The van der Waals surface area contributed by atoms with Gasteiger partial charge in [-0.15, -0.1) is 0 Å². The maximum atomic E-state index is 5.54. The molecule has 1 heterocycles. The molecule has 2 N–H and O–H groups in total. The molecule has 0 spiro atoms. The number of aliphatic imine (C=N–C) groups is 1. The van der Waals surface area contributed by atoms with E-state index in [4.69, 9.17) is 14.0 Å². The highest BCUT2D eigenvalue weighted by Crippen LogP contribution is 2.42. The average molecular weight is 386 g/mol. The van der Waals surface area contributed by atoms with E-state index in [1.165, 1.54) is 24.8 Å². The first-order valence-corrected chi connectivity index (χ1v) is 9.77. The first kappa shape index (κ1) is 20.0. The molecule has 0 saturated heterocycles. The minimum atomic E-state index is 0.0450. The lowest BCUT2D eigenvalue weighted by molar-refractivity contribution is 0.288. The molecule has 1 aliphatic rings. The normalized spacial score (nSPS) is 16.5. The highest BCUT2D eigenvalue weighted by molar-refractivity contribution is 5.79. The van der Waals surface area contributed by atoms with Gasteiger partial charge in [0.1, 0.15) is 12.0 Å². The molecule has 1 aromatic carbocycles. The van der Waals surface area contributed by atoms with Crippen LogP contribution in [0, 0.1) is 0 Å². The maximum absolute atomic E-state index is 5.54. The van der Waals surface area contributed by atoms with Crippen LogP contribution in [0.1, 0.15) is 43.4 Å². The van der Waals surface area contributed by atoms with E-state index in [1.807, 2.05) is 12.1 Å². The van der Waals surface area contributed by atoms with Gasteiger partial charge in [0.25, 0.3) is 0 Å². The average Bonchev–Trinajstić information content (AvgIpc) is 3.27. The topological polar surface area (TPSA) is 80.9 Å².